The van der Waals surface area contributed by atoms with Gasteiger partial charge in [0, 0.05) is 5.08 Å². The molecule has 66 valence electrons. The van der Waals surface area contributed by atoms with Crippen molar-refractivity contribution >= 4 is 35.9 Å². The lowest BCUT2D eigenvalue weighted by atomic mass is 10.0. The first kappa shape index (κ1) is 10.0. The molecular weight excluding hydrogens is 198 g/mol. The van der Waals surface area contributed by atoms with Crippen LogP contribution in [0.25, 0.3) is 0 Å². The van der Waals surface area contributed by atoms with Crippen molar-refractivity contribution in [1.29, 1.82) is 0 Å². The predicted octanol–water partition coefficient (Wildman–Crippen LogP) is 1.68. The van der Waals surface area contributed by atoms with E-state index in [4.69, 9.17) is 0 Å². The third kappa shape index (κ3) is 2.44. The van der Waals surface area contributed by atoms with E-state index < -0.39 is 0 Å². The van der Waals surface area contributed by atoms with Crippen LogP contribution in [-0.2, 0) is 0 Å². The number of nitrogens with one attached hydrogen (secondary N) is 1. The summed E-state index contributed by atoms with van der Waals surface area (Å²) in [6.45, 7) is 2.55. The van der Waals surface area contributed by atoms with Crippen molar-refractivity contribution in [2.45, 2.75) is 0 Å². The van der Waals surface area contributed by atoms with Crippen LogP contribution in [-0.4, -0.2) is 29.7 Å². The van der Waals surface area contributed by atoms with Gasteiger partial charge in [-0.25, -0.2) is 0 Å². The quantitative estimate of drug-likeness (QED) is 0.655. The molecule has 4 heteroatoms. The Morgan fingerprint density at radius 2 is 1.55 bits per heavy atom. The van der Waals surface area contributed by atoms with Crippen molar-refractivity contribution in [3.63, 3.8) is 0 Å². The molecule has 0 unspecified atom stereocenters. The maximum atomic E-state index is 3.47. The maximum Gasteiger partial charge on any atom is 0.0392 e. The van der Waals surface area contributed by atoms with Crippen LogP contribution in [0.15, 0.2) is 0 Å². The zero-order chi connectivity index (χ0) is 6.81. The molecule has 2 rings (SSSR count). The number of halogens is 1. The fourth-order valence-corrected chi connectivity index (χ4v) is 4.26. The Morgan fingerprint density at radius 1 is 1.00 bits per heavy atom. The van der Waals surface area contributed by atoms with E-state index in [0.717, 1.165) is 11.8 Å². The molecular formula is C7H14ClNS2. The van der Waals surface area contributed by atoms with Crippen molar-refractivity contribution in [2.75, 3.05) is 29.7 Å². The van der Waals surface area contributed by atoms with Gasteiger partial charge in [-0.05, 0) is 36.4 Å². The average molecular weight is 212 g/mol. The molecule has 2 heterocycles. The molecule has 2 atom stereocenters. The van der Waals surface area contributed by atoms with Crippen LogP contribution < -0.4 is 5.32 Å². The van der Waals surface area contributed by atoms with Crippen LogP contribution in [0.3, 0.4) is 0 Å². The molecule has 0 amide bonds. The summed E-state index contributed by atoms with van der Waals surface area (Å²) >= 11 is 4.23. The lowest BCUT2D eigenvalue weighted by Gasteiger charge is -2.11. The van der Waals surface area contributed by atoms with Crippen LogP contribution >= 0.6 is 35.9 Å². The lowest BCUT2D eigenvalue weighted by molar-refractivity contribution is 0.512. The summed E-state index contributed by atoms with van der Waals surface area (Å²) in [5, 5.41) is 4.79. The van der Waals surface area contributed by atoms with E-state index in [0.29, 0.717) is 0 Å². The molecule has 11 heavy (non-hydrogen) atoms. The molecule has 0 saturated carbocycles. The number of rotatable bonds is 0. The minimum absolute atomic E-state index is 0. The molecule has 0 bridgehead atoms. The van der Waals surface area contributed by atoms with Gasteiger partial charge >= 0.3 is 0 Å². The first-order chi connectivity index (χ1) is 4.97. The molecule has 2 aliphatic heterocycles. The number of hydrogen-bond acceptors (Lipinski definition) is 3. The van der Waals surface area contributed by atoms with E-state index in [9.17, 15) is 0 Å². The first-order valence-electron chi connectivity index (χ1n) is 3.83. The Bertz CT molecular complexity index is 111. The van der Waals surface area contributed by atoms with Gasteiger partial charge in [-0.15, -0.1) is 12.4 Å². The average Bonchev–Trinajstić information content (AvgIpc) is 2.28. The summed E-state index contributed by atoms with van der Waals surface area (Å²) in [5.41, 5.74) is 0. The van der Waals surface area contributed by atoms with Gasteiger partial charge in [0.05, 0.1) is 0 Å². The monoisotopic (exact) mass is 211 g/mol. The van der Waals surface area contributed by atoms with Crippen LogP contribution in [0.5, 0.6) is 0 Å². The summed E-state index contributed by atoms with van der Waals surface area (Å²) in [5.74, 6) is 4.76. The van der Waals surface area contributed by atoms with E-state index in [1.165, 1.54) is 29.7 Å². The SMILES string of the molecule is C1SC[C@@H]2CNC[C@H]2CS1.Cl. The van der Waals surface area contributed by atoms with Gasteiger partial charge in [0.2, 0.25) is 0 Å². The Morgan fingerprint density at radius 3 is 2.09 bits per heavy atom. The Hall–Kier alpha value is 0.950. The van der Waals surface area contributed by atoms with Crippen molar-refractivity contribution in [3.8, 4) is 0 Å². The molecule has 1 N–H and O–H groups in total. The van der Waals surface area contributed by atoms with Crippen LogP contribution in [0, 0.1) is 11.8 Å². The first-order valence-corrected chi connectivity index (χ1v) is 6.14. The fraction of sp³-hybridized carbons (Fsp3) is 1.00. The topological polar surface area (TPSA) is 12.0 Å². The molecule has 2 saturated heterocycles. The molecule has 2 fully saturated rings. The van der Waals surface area contributed by atoms with E-state index in [1.54, 1.807) is 0 Å². The van der Waals surface area contributed by atoms with Gasteiger partial charge in [0.15, 0.2) is 0 Å². The zero-order valence-corrected chi connectivity index (χ0v) is 8.86. The van der Waals surface area contributed by atoms with E-state index in [2.05, 4.69) is 28.8 Å². The van der Waals surface area contributed by atoms with Crippen LogP contribution in [0.4, 0.5) is 0 Å². The molecule has 0 aromatic heterocycles. The summed E-state index contributed by atoms with van der Waals surface area (Å²) in [7, 11) is 0. The van der Waals surface area contributed by atoms with Crippen molar-refractivity contribution in [3.05, 3.63) is 0 Å². The minimum atomic E-state index is 0. The smallest absolute Gasteiger partial charge is 0.0392 e. The lowest BCUT2D eigenvalue weighted by Crippen LogP contribution is -2.14. The van der Waals surface area contributed by atoms with Gasteiger partial charge in [0.1, 0.15) is 0 Å². The number of thioether (sulfide) groups is 2. The molecule has 0 radical (unpaired) electrons. The highest BCUT2D eigenvalue weighted by atomic mass is 35.5. The summed E-state index contributed by atoms with van der Waals surface area (Å²) in [6, 6.07) is 0. The van der Waals surface area contributed by atoms with Gasteiger partial charge < -0.3 is 5.32 Å². The maximum absolute atomic E-state index is 3.47. The molecule has 2 aliphatic rings. The van der Waals surface area contributed by atoms with Crippen LogP contribution in [0.1, 0.15) is 0 Å². The van der Waals surface area contributed by atoms with Gasteiger partial charge in [0.25, 0.3) is 0 Å². The zero-order valence-electron chi connectivity index (χ0n) is 6.41. The Kier molecular flexibility index (Phi) is 4.42. The van der Waals surface area contributed by atoms with E-state index in [-0.39, 0.29) is 12.4 Å². The highest BCUT2D eigenvalue weighted by Crippen LogP contribution is 2.30. The fourth-order valence-electron chi connectivity index (χ4n) is 1.64. The summed E-state index contributed by atoms with van der Waals surface area (Å²) in [4.78, 5) is 0. The van der Waals surface area contributed by atoms with Crippen molar-refractivity contribution < 1.29 is 0 Å². The highest BCUT2D eigenvalue weighted by molar-refractivity contribution is 8.16. The molecule has 1 nitrogen and oxygen atoms in total. The van der Waals surface area contributed by atoms with Gasteiger partial charge in [-0.3, -0.25) is 0 Å². The number of fused-ring (bicyclic) bond motifs is 1. The normalized spacial score (nSPS) is 37.1. The van der Waals surface area contributed by atoms with E-state index in [1.807, 2.05) is 0 Å². The minimum Gasteiger partial charge on any atom is -0.316 e. The predicted molar refractivity (Wildman–Crippen MR) is 56.9 cm³/mol. The van der Waals surface area contributed by atoms with Crippen molar-refractivity contribution in [1.82, 2.24) is 5.32 Å². The highest BCUT2D eigenvalue weighted by Gasteiger charge is 2.28. The van der Waals surface area contributed by atoms with Crippen LogP contribution in [0.2, 0.25) is 0 Å². The third-order valence-electron chi connectivity index (χ3n) is 2.31. The Labute approximate surface area is 82.9 Å². The molecule has 0 aromatic rings. The standard InChI is InChI=1S/C7H13NS2.ClH/c1-6-3-9-5-10-4-7(6)2-8-1;/h6-8H,1-5H2;1H/t6-,7-;/m0./s1. The third-order valence-corrected chi connectivity index (χ3v) is 4.97. The van der Waals surface area contributed by atoms with Gasteiger partial charge in [-0.1, -0.05) is 0 Å². The second-order valence-electron chi connectivity index (χ2n) is 3.04. The summed E-state index contributed by atoms with van der Waals surface area (Å²) in [6.07, 6.45) is 0. The Balaban J connectivity index is 0.000000605. The number of hydrogen-bond donors (Lipinski definition) is 1. The van der Waals surface area contributed by atoms with Crippen molar-refractivity contribution in [2.24, 2.45) is 11.8 Å². The second kappa shape index (κ2) is 4.85. The molecule has 0 aliphatic carbocycles. The second-order valence-corrected chi connectivity index (χ2v) is 5.46. The van der Waals surface area contributed by atoms with E-state index >= 15 is 0 Å². The molecule has 0 spiro atoms. The largest absolute Gasteiger partial charge is 0.316 e. The molecule has 0 aromatic carbocycles. The summed E-state index contributed by atoms with van der Waals surface area (Å²) < 4.78 is 0. The van der Waals surface area contributed by atoms with Gasteiger partial charge in [-0.2, -0.15) is 23.5 Å².